The highest BCUT2D eigenvalue weighted by molar-refractivity contribution is 9.10. The van der Waals surface area contributed by atoms with Crippen molar-refractivity contribution in [2.24, 2.45) is 0 Å². The van der Waals surface area contributed by atoms with Crippen molar-refractivity contribution in [2.75, 3.05) is 23.3 Å². The summed E-state index contributed by atoms with van der Waals surface area (Å²) >= 11 is 3.51. The lowest BCUT2D eigenvalue weighted by molar-refractivity contribution is 0.792. The van der Waals surface area contributed by atoms with E-state index in [4.69, 9.17) is 0 Å². The summed E-state index contributed by atoms with van der Waals surface area (Å²) in [6.07, 6.45) is 5.43. The summed E-state index contributed by atoms with van der Waals surface area (Å²) in [7, 11) is 0. The van der Waals surface area contributed by atoms with Crippen LogP contribution in [0.5, 0.6) is 0 Å². The molecule has 2 aromatic heterocycles. The Morgan fingerprint density at radius 2 is 2.04 bits per heavy atom. The molecule has 0 aromatic carbocycles. The van der Waals surface area contributed by atoms with Gasteiger partial charge in [-0.25, -0.2) is 15.0 Å². The van der Waals surface area contributed by atoms with Crippen molar-refractivity contribution in [3.05, 3.63) is 40.4 Å². The Bertz CT molecular complexity index is 716. The monoisotopic (exact) mass is 373 g/mol. The molecule has 1 saturated carbocycles. The number of aromatic nitrogens is 3. The van der Waals surface area contributed by atoms with E-state index in [1.807, 2.05) is 19.2 Å². The van der Waals surface area contributed by atoms with E-state index in [2.05, 4.69) is 53.2 Å². The van der Waals surface area contributed by atoms with Crippen LogP contribution >= 0.6 is 15.9 Å². The van der Waals surface area contributed by atoms with Crippen molar-refractivity contribution in [2.45, 2.75) is 38.1 Å². The minimum absolute atomic E-state index is 0.405. The molecular formula is C17H20BrN5. The van der Waals surface area contributed by atoms with Gasteiger partial charge in [0.05, 0.1) is 5.69 Å². The Morgan fingerprint density at radius 1 is 1.17 bits per heavy atom. The molecule has 3 heterocycles. The van der Waals surface area contributed by atoms with E-state index in [1.165, 1.54) is 12.8 Å². The number of nitrogens with zero attached hydrogens (tertiary/aromatic N) is 4. The second-order valence-corrected chi connectivity index (χ2v) is 7.24. The summed E-state index contributed by atoms with van der Waals surface area (Å²) in [6.45, 7) is 4.00. The van der Waals surface area contributed by atoms with Gasteiger partial charge in [-0.05, 0) is 60.3 Å². The van der Waals surface area contributed by atoms with Crippen LogP contribution in [-0.2, 0) is 0 Å². The second kappa shape index (κ2) is 6.07. The highest BCUT2D eigenvalue weighted by Gasteiger charge is 2.27. The van der Waals surface area contributed by atoms with Gasteiger partial charge < -0.3 is 10.2 Å². The van der Waals surface area contributed by atoms with Crippen LogP contribution < -0.4 is 10.2 Å². The van der Waals surface area contributed by atoms with Crippen molar-refractivity contribution >= 4 is 27.6 Å². The molecule has 2 fully saturated rings. The maximum Gasteiger partial charge on any atom is 0.133 e. The van der Waals surface area contributed by atoms with E-state index >= 15 is 0 Å². The van der Waals surface area contributed by atoms with Crippen LogP contribution in [0.1, 0.15) is 36.7 Å². The molecule has 0 bridgehead atoms. The Morgan fingerprint density at radius 3 is 2.83 bits per heavy atom. The maximum absolute atomic E-state index is 4.67. The van der Waals surface area contributed by atoms with E-state index < -0.39 is 0 Å². The largest absolute Gasteiger partial charge is 0.365 e. The number of pyridine rings is 1. The van der Waals surface area contributed by atoms with Crippen LogP contribution in [-0.4, -0.2) is 34.1 Å². The molecular weight excluding hydrogens is 354 g/mol. The predicted octanol–water partition coefficient (Wildman–Crippen LogP) is 3.51. The van der Waals surface area contributed by atoms with Crippen LogP contribution in [0.3, 0.4) is 0 Å². The summed E-state index contributed by atoms with van der Waals surface area (Å²) in [5, 5.41) is 3.56. The number of hydrogen-bond acceptors (Lipinski definition) is 5. The first-order valence-corrected chi connectivity index (χ1v) is 8.96. The molecule has 2 aliphatic rings. The summed E-state index contributed by atoms with van der Waals surface area (Å²) in [5.74, 6) is 3.59. The van der Waals surface area contributed by atoms with Crippen molar-refractivity contribution in [3.63, 3.8) is 0 Å². The lowest BCUT2D eigenvalue weighted by Gasteiger charge is -2.19. The molecule has 23 heavy (non-hydrogen) atoms. The van der Waals surface area contributed by atoms with Crippen LogP contribution in [0, 0.1) is 6.92 Å². The molecule has 1 aliphatic carbocycles. The van der Waals surface area contributed by atoms with Gasteiger partial charge in [-0.2, -0.15) is 0 Å². The molecule has 1 saturated heterocycles. The maximum atomic E-state index is 4.67. The van der Waals surface area contributed by atoms with Gasteiger partial charge in [-0.3, -0.25) is 0 Å². The third-order valence-corrected chi connectivity index (χ3v) is 5.33. The molecule has 1 unspecified atom stereocenters. The Balaban J connectivity index is 1.42. The Kier molecular flexibility index (Phi) is 3.93. The summed E-state index contributed by atoms with van der Waals surface area (Å²) < 4.78 is 1.06. The van der Waals surface area contributed by atoms with Gasteiger partial charge >= 0.3 is 0 Å². The minimum Gasteiger partial charge on any atom is -0.365 e. The average molecular weight is 374 g/mol. The minimum atomic E-state index is 0.405. The lowest BCUT2D eigenvalue weighted by atomic mass is 10.2. The third kappa shape index (κ3) is 3.32. The first kappa shape index (κ1) is 14.9. The third-order valence-electron chi connectivity index (χ3n) is 4.49. The van der Waals surface area contributed by atoms with Gasteiger partial charge in [0.15, 0.2) is 0 Å². The van der Waals surface area contributed by atoms with Gasteiger partial charge in [0.25, 0.3) is 0 Å². The fraction of sp³-hybridized carbons (Fsp3) is 0.471. The first-order chi connectivity index (χ1) is 11.2. The van der Waals surface area contributed by atoms with Crippen molar-refractivity contribution in [1.29, 1.82) is 0 Å². The number of hydrogen-bond donors (Lipinski definition) is 1. The van der Waals surface area contributed by atoms with Gasteiger partial charge in [-0.15, -0.1) is 0 Å². The van der Waals surface area contributed by atoms with Gasteiger partial charge in [0, 0.05) is 35.7 Å². The molecule has 0 amide bonds. The summed E-state index contributed by atoms with van der Waals surface area (Å²) in [5.41, 5.74) is 1.03. The van der Waals surface area contributed by atoms with E-state index in [0.717, 1.165) is 47.1 Å². The zero-order chi connectivity index (χ0) is 15.8. The number of rotatable bonds is 4. The van der Waals surface area contributed by atoms with E-state index in [1.54, 1.807) is 0 Å². The van der Waals surface area contributed by atoms with Crippen LogP contribution in [0.2, 0.25) is 0 Å². The molecule has 0 spiro atoms. The molecule has 1 N–H and O–H groups in total. The molecule has 6 heteroatoms. The topological polar surface area (TPSA) is 53.9 Å². The molecule has 0 radical (unpaired) electrons. The first-order valence-electron chi connectivity index (χ1n) is 8.16. The Hall–Kier alpha value is -1.69. The molecule has 4 rings (SSSR count). The molecule has 120 valence electrons. The quantitative estimate of drug-likeness (QED) is 0.888. The fourth-order valence-corrected chi connectivity index (χ4v) is 3.22. The summed E-state index contributed by atoms with van der Waals surface area (Å²) in [6, 6.07) is 6.53. The zero-order valence-corrected chi connectivity index (χ0v) is 14.8. The lowest BCUT2D eigenvalue weighted by Crippen LogP contribution is -2.27. The van der Waals surface area contributed by atoms with E-state index in [9.17, 15) is 0 Å². The molecule has 1 aliphatic heterocycles. The smallest absolute Gasteiger partial charge is 0.133 e. The molecule has 1 atom stereocenters. The average Bonchev–Trinajstić information content (AvgIpc) is 3.31. The Labute approximate surface area is 144 Å². The summed E-state index contributed by atoms with van der Waals surface area (Å²) in [4.78, 5) is 16.0. The fourth-order valence-electron chi connectivity index (χ4n) is 2.99. The normalized spacial score (nSPS) is 20.8. The van der Waals surface area contributed by atoms with Crippen LogP contribution in [0.15, 0.2) is 28.9 Å². The number of aryl methyl sites for hydroxylation is 1. The second-order valence-electron chi connectivity index (χ2n) is 6.39. The van der Waals surface area contributed by atoms with E-state index in [-0.39, 0.29) is 0 Å². The number of anilines is 2. The standard InChI is InChI=1S/C17H20BrN5/c1-11-14(18)4-5-16(20-11)23-9-7-13(10-23)21-15-6-8-19-17(22-15)12-2-3-12/h4-6,8,12-13H,2-3,7,9-10H2,1H3,(H,19,21,22). The van der Waals surface area contributed by atoms with E-state index in [0.29, 0.717) is 12.0 Å². The zero-order valence-electron chi connectivity index (χ0n) is 13.2. The van der Waals surface area contributed by atoms with Gasteiger partial charge in [0.2, 0.25) is 0 Å². The van der Waals surface area contributed by atoms with Crippen LogP contribution in [0.4, 0.5) is 11.6 Å². The molecule has 5 nitrogen and oxygen atoms in total. The highest BCUT2D eigenvalue weighted by atomic mass is 79.9. The number of nitrogens with one attached hydrogen (secondary N) is 1. The van der Waals surface area contributed by atoms with Crippen molar-refractivity contribution in [3.8, 4) is 0 Å². The van der Waals surface area contributed by atoms with Gasteiger partial charge in [-0.1, -0.05) is 0 Å². The predicted molar refractivity (Wildman–Crippen MR) is 94.9 cm³/mol. The van der Waals surface area contributed by atoms with Gasteiger partial charge in [0.1, 0.15) is 17.5 Å². The van der Waals surface area contributed by atoms with Crippen molar-refractivity contribution < 1.29 is 0 Å². The van der Waals surface area contributed by atoms with Crippen LogP contribution in [0.25, 0.3) is 0 Å². The highest BCUT2D eigenvalue weighted by Crippen LogP contribution is 2.38. The number of halogens is 1. The van der Waals surface area contributed by atoms with Crippen molar-refractivity contribution in [1.82, 2.24) is 15.0 Å². The SMILES string of the molecule is Cc1nc(N2CCC(Nc3ccnc(C4CC4)n3)C2)ccc1Br. The molecule has 2 aromatic rings.